The quantitative estimate of drug-likeness (QED) is 0.674. The zero-order valence-electron chi connectivity index (χ0n) is 9.16. The van der Waals surface area contributed by atoms with Crippen LogP contribution in [0, 0.1) is 0 Å². The summed E-state index contributed by atoms with van der Waals surface area (Å²) in [6, 6.07) is 7.56. The fourth-order valence-electron chi connectivity index (χ4n) is 1.87. The summed E-state index contributed by atoms with van der Waals surface area (Å²) in [6.45, 7) is 0.442. The second kappa shape index (κ2) is 3.92. The average Bonchev–Trinajstić information content (AvgIpc) is 2.63. The lowest BCUT2D eigenvalue weighted by molar-refractivity contribution is -0.129. The number of nitrogens with zero attached hydrogens (tertiary/aromatic N) is 2. The highest BCUT2D eigenvalue weighted by atomic mass is 32.1. The van der Waals surface area contributed by atoms with Crippen LogP contribution < -0.4 is 14.9 Å². The smallest absolute Gasteiger partial charge is 0.329 e. The van der Waals surface area contributed by atoms with Gasteiger partial charge in [0.1, 0.15) is 4.53 Å². The van der Waals surface area contributed by atoms with E-state index in [1.807, 2.05) is 24.3 Å². The van der Waals surface area contributed by atoms with E-state index in [9.17, 15) is 9.59 Å². The van der Waals surface area contributed by atoms with E-state index in [4.69, 9.17) is 5.11 Å². The maximum absolute atomic E-state index is 12.0. The molecule has 6 heteroatoms. The molecule has 1 aliphatic rings. The first-order valence-electron chi connectivity index (χ1n) is 5.26. The molecule has 1 aliphatic heterocycles. The first-order valence-corrected chi connectivity index (χ1v) is 6.08. The Bertz CT molecular complexity index is 817. The fourth-order valence-corrected chi connectivity index (χ4v) is 2.83. The third-order valence-corrected chi connectivity index (χ3v) is 3.69. The summed E-state index contributed by atoms with van der Waals surface area (Å²) in [5.41, 5.74) is 1.50. The minimum absolute atomic E-state index is 0.203. The molecular weight excluding hydrogens is 252 g/mol. The Morgan fingerprint density at radius 1 is 1.44 bits per heavy atom. The van der Waals surface area contributed by atoms with Crippen molar-refractivity contribution in [1.29, 1.82) is 0 Å². The standard InChI is InChI=1S/C12H8N2O3S/c15-10(16)5-9-11(17)14-6-7-3-1-2-4-8(7)13-12(14)18-9/h1-5H,6H2,(H,15,16). The molecule has 1 aromatic carbocycles. The maximum atomic E-state index is 12.0. The van der Waals surface area contributed by atoms with Crippen LogP contribution in [0.2, 0.25) is 0 Å². The van der Waals surface area contributed by atoms with E-state index in [2.05, 4.69) is 4.99 Å². The molecule has 0 spiro atoms. The molecule has 0 saturated heterocycles. The zero-order valence-corrected chi connectivity index (χ0v) is 9.98. The van der Waals surface area contributed by atoms with Gasteiger partial charge in [-0.25, -0.2) is 9.79 Å². The highest BCUT2D eigenvalue weighted by molar-refractivity contribution is 7.07. The SMILES string of the molecule is O=C(O)C=c1sc2n(c1=O)Cc1ccccc1N=2. The van der Waals surface area contributed by atoms with E-state index in [1.165, 1.54) is 4.57 Å². The number of aromatic nitrogens is 1. The van der Waals surface area contributed by atoms with Gasteiger partial charge in [-0.2, -0.15) is 0 Å². The Kier molecular flexibility index (Phi) is 2.38. The van der Waals surface area contributed by atoms with Crippen LogP contribution in [-0.4, -0.2) is 15.6 Å². The molecule has 0 aliphatic carbocycles. The predicted octanol–water partition coefficient (Wildman–Crippen LogP) is 0.0879. The molecule has 1 aromatic heterocycles. The van der Waals surface area contributed by atoms with Crippen LogP contribution in [0.4, 0.5) is 5.69 Å². The van der Waals surface area contributed by atoms with Crippen molar-refractivity contribution in [3.63, 3.8) is 0 Å². The topological polar surface area (TPSA) is 71.7 Å². The molecule has 3 rings (SSSR count). The molecule has 0 atom stereocenters. The lowest BCUT2D eigenvalue weighted by atomic mass is 10.1. The molecule has 0 unspecified atom stereocenters. The number of benzene rings is 1. The average molecular weight is 260 g/mol. The molecule has 5 nitrogen and oxygen atoms in total. The Morgan fingerprint density at radius 2 is 2.22 bits per heavy atom. The van der Waals surface area contributed by atoms with E-state index in [0.717, 1.165) is 28.7 Å². The summed E-state index contributed by atoms with van der Waals surface area (Å²) in [6.07, 6.45) is 0.929. The van der Waals surface area contributed by atoms with Crippen molar-refractivity contribution in [2.75, 3.05) is 0 Å². The van der Waals surface area contributed by atoms with Crippen LogP contribution in [-0.2, 0) is 11.3 Å². The highest BCUT2D eigenvalue weighted by Crippen LogP contribution is 2.20. The Hall–Kier alpha value is -2.21. The van der Waals surface area contributed by atoms with E-state index >= 15 is 0 Å². The molecule has 0 bridgehead atoms. The number of hydrogen-bond acceptors (Lipinski definition) is 4. The van der Waals surface area contributed by atoms with E-state index in [-0.39, 0.29) is 10.1 Å². The van der Waals surface area contributed by atoms with E-state index in [1.54, 1.807) is 0 Å². The summed E-state index contributed by atoms with van der Waals surface area (Å²) in [5.74, 6) is -1.12. The molecular formula is C12H8N2O3S. The maximum Gasteiger partial charge on any atom is 0.329 e. The van der Waals surface area contributed by atoms with Crippen LogP contribution in [0.3, 0.4) is 0 Å². The largest absolute Gasteiger partial charge is 0.478 e. The highest BCUT2D eigenvalue weighted by Gasteiger charge is 2.13. The normalized spacial score (nSPS) is 13.7. The van der Waals surface area contributed by atoms with Crippen molar-refractivity contribution < 1.29 is 9.90 Å². The van der Waals surface area contributed by atoms with Gasteiger partial charge >= 0.3 is 5.97 Å². The van der Waals surface area contributed by atoms with Crippen LogP contribution in [0.25, 0.3) is 6.08 Å². The number of fused-ring (bicyclic) bond motifs is 2. The van der Waals surface area contributed by atoms with Gasteiger partial charge in [0.25, 0.3) is 5.56 Å². The van der Waals surface area contributed by atoms with Crippen molar-refractivity contribution >= 4 is 29.1 Å². The lowest BCUT2D eigenvalue weighted by Crippen LogP contribution is -2.33. The summed E-state index contributed by atoms with van der Waals surface area (Å²) in [5, 5.41) is 8.70. The number of para-hydroxylation sites is 1. The molecule has 1 N–H and O–H groups in total. The first kappa shape index (κ1) is 10.9. The number of carboxylic acid groups (broad SMARTS) is 1. The van der Waals surface area contributed by atoms with E-state index < -0.39 is 5.97 Å². The fraction of sp³-hybridized carbons (Fsp3) is 0.0833. The summed E-state index contributed by atoms with van der Waals surface area (Å²) >= 11 is 1.10. The van der Waals surface area contributed by atoms with Gasteiger partial charge < -0.3 is 5.11 Å². The van der Waals surface area contributed by atoms with Gasteiger partial charge in [0.15, 0.2) is 4.80 Å². The molecule has 0 saturated carbocycles. The Morgan fingerprint density at radius 3 is 3.00 bits per heavy atom. The number of aliphatic carboxylic acids is 1. The van der Waals surface area contributed by atoms with Crippen LogP contribution in [0.5, 0.6) is 0 Å². The molecule has 18 heavy (non-hydrogen) atoms. The van der Waals surface area contributed by atoms with Crippen LogP contribution in [0.1, 0.15) is 5.56 Å². The van der Waals surface area contributed by atoms with Crippen molar-refractivity contribution in [3.8, 4) is 0 Å². The molecule has 90 valence electrons. The van der Waals surface area contributed by atoms with Gasteiger partial charge in [-0.15, -0.1) is 0 Å². The Balaban J connectivity index is 2.30. The number of hydrogen-bond donors (Lipinski definition) is 1. The minimum atomic E-state index is -1.12. The second-order valence-electron chi connectivity index (χ2n) is 3.86. The number of thiazole rings is 1. The second-order valence-corrected chi connectivity index (χ2v) is 4.87. The van der Waals surface area contributed by atoms with E-state index in [0.29, 0.717) is 11.3 Å². The molecule has 2 heterocycles. The van der Waals surface area contributed by atoms with Crippen molar-refractivity contribution in [1.82, 2.24) is 4.57 Å². The molecule has 2 aromatic rings. The monoisotopic (exact) mass is 260 g/mol. The van der Waals surface area contributed by atoms with Gasteiger partial charge in [0.05, 0.1) is 12.2 Å². The first-order chi connectivity index (χ1) is 8.65. The zero-order chi connectivity index (χ0) is 12.7. The number of rotatable bonds is 1. The third kappa shape index (κ3) is 1.67. The minimum Gasteiger partial charge on any atom is -0.478 e. The van der Waals surface area contributed by atoms with Gasteiger partial charge in [-0.05, 0) is 11.6 Å². The molecule has 0 amide bonds. The predicted molar refractivity (Wildman–Crippen MR) is 66.7 cm³/mol. The summed E-state index contributed by atoms with van der Waals surface area (Å²) < 4.78 is 1.70. The van der Waals surface area contributed by atoms with Gasteiger partial charge in [0.2, 0.25) is 0 Å². The lowest BCUT2D eigenvalue weighted by Gasteiger charge is -2.10. The summed E-state index contributed by atoms with van der Waals surface area (Å²) in [4.78, 5) is 27.5. The Labute approximate surface area is 105 Å². The summed E-state index contributed by atoms with van der Waals surface area (Å²) in [7, 11) is 0. The molecule has 0 radical (unpaired) electrons. The van der Waals surface area contributed by atoms with Crippen molar-refractivity contribution in [2.45, 2.75) is 6.54 Å². The van der Waals surface area contributed by atoms with Crippen LogP contribution in [0.15, 0.2) is 34.1 Å². The number of carboxylic acids is 1. The van der Waals surface area contributed by atoms with Gasteiger partial charge in [-0.1, -0.05) is 29.5 Å². The molecule has 0 fully saturated rings. The van der Waals surface area contributed by atoms with Crippen LogP contribution >= 0.6 is 11.3 Å². The number of carbonyl (C=O) groups is 1. The van der Waals surface area contributed by atoms with Gasteiger partial charge in [0, 0.05) is 6.08 Å². The van der Waals surface area contributed by atoms with Gasteiger partial charge in [-0.3, -0.25) is 9.36 Å². The third-order valence-electron chi connectivity index (χ3n) is 2.68. The van der Waals surface area contributed by atoms with Crippen molar-refractivity contribution in [2.24, 2.45) is 4.99 Å². The van der Waals surface area contributed by atoms with Crippen molar-refractivity contribution in [3.05, 3.63) is 49.5 Å².